The molecular weight excluding hydrogens is 476 g/mol. The maximum Gasteiger partial charge on any atom is 0.414 e. The fourth-order valence-electron chi connectivity index (χ4n) is 4.29. The van der Waals surface area contributed by atoms with Gasteiger partial charge in [-0.15, -0.1) is 0 Å². The average molecular weight is 505 g/mol. The molecule has 2 aliphatic heterocycles. The van der Waals surface area contributed by atoms with Crippen molar-refractivity contribution in [1.29, 1.82) is 0 Å². The summed E-state index contributed by atoms with van der Waals surface area (Å²) in [7, 11) is -3.26. The lowest BCUT2D eigenvalue weighted by molar-refractivity contribution is -0.159. The van der Waals surface area contributed by atoms with Gasteiger partial charge in [0.15, 0.2) is 5.78 Å². The number of ketones is 1. The van der Waals surface area contributed by atoms with Gasteiger partial charge in [-0.2, -0.15) is 0 Å². The van der Waals surface area contributed by atoms with Gasteiger partial charge in [0.05, 0.1) is 18.2 Å². The molecule has 1 fully saturated rings. The molecule has 2 aliphatic rings. The van der Waals surface area contributed by atoms with Crippen LogP contribution in [0.4, 0.5) is 5.69 Å². The molecule has 35 heavy (non-hydrogen) atoms. The summed E-state index contributed by atoms with van der Waals surface area (Å²) in [6.07, 6.45) is 4.35. The number of carboxylic acids is 2. The van der Waals surface area contributed by atoms with E-state index in [0.29, 0.717) is 23.4 Å². The first-order valence-electron chi connectivity index (χ1n) is 11.0. The van der Waals surface area contributed by atoms with Crippen LogP contribution in [0, 0.1) is 0 Å². The van der Waals surface area contributed by atoms with Crippen molar-refractivity contribution in [3.63, 3.8) is 0 Å². The monoisotopic (exact) mass is 504 g/mol. The van der Waals surface area contributed by atoms with Crippen LogP contribution < -0.4 is 9.46 Å². The highest BCUT2D eigenvalue weighted by Crippen LogP contribution is 2.38. The third-order valence-corrected chi connectivity index (χ3v) is 6.38. The second kappa shape index (κ2) is 10.9. The Morgan fingerprint density at radius 2 is 1.74 bits per heavy atom. The van der Waals surface area contributed by atoms with Gasteiger partial charge in [-0.1, -0.05) is 24.3 Å². The molecule has 188 valence electrons. The quantitative estimate of drug-likeness (QED) is 0.521. The molecule has 10 nitrogen and oxygen atoms in total. The number of para-hydroxylation sites is 1. The molecule has 2 aromatic rings. The van der Waals surface area contributed by atoms with Crippen LogP contribution in [0.2, 0.25) is 0 Å². The molecule has 0 saturated carbocycles. The first-order chi connectivity index (χ1) is 16.5. The summed E-state index contributed by atoms with van der Waals surface area (Å²) in [5, 5.41) is 14.8. The molecule has 3 N–H and O–H groups in total. The fourth-order valence-corrected chi connectivity index (χ4v) is 4.86. The molecule has 2 aromatic carbocycles. The number of sulfonamides is 1. The van der Waals surface area contributed by atoms with E-state index in [2.05, 4.69) is 9.62 Å². The third kappa shape index (κ3) is 7.52. The van der Waals surface area contributed by atoms with E-state index in [4.69, 9.17) is 24.5 Å². The van der Waals surface area contributed by atoms with Crippen molar-refractivity contribution >= 4 is 33.4 Å². The molecule has 0 bridgehead atoms. The number of nitrogens with zero attached hydrogens (tertiary/aromatic N) is 1. The van der Waals surface area contributed by atoms with Gasteiger partial charge in [0.25, 0.3) is 0 Å². The van der Waals surface area contributed by atoms with Crippen LogP contribution in [0.1, 0.15) is 35.2 Å². The Kier molecular flexibility index (Phi) is 8.13. The summed E-state index contributed by atoms with van der Waals surface area (Å²) in [6.45, 7) is 2.62. The summed E-state index contributed by atoms with van der Waals surface area (Å²) >= 11 is 0. The van der Waals surface area contributed by atoms with Crippen molar-refractivity contribution in [2.24, 2.45) is 0 Å². The summed E-state index contributed by atoms with van der Waals surface area (Å²) < 4.78 is 31.4. The maximum atomic E-state index is 12.6. The minimum absolute atomic E-state index is 0.169. The van der Waals surface area contributed by atoms with E-state index in [1.807, 2.05) is 36.4 Å². The number of fused-ring (bicyclic) bond motifs is 1. The number of benzene rings is 2. The van der Waals surface area contributed by atoms with E-state index in [0.717, 1.165) is 50.7 Å². The van der Waals surface area contributed by atoms with E-state index in [1.54, 1.807) is 12.1 Å². The standard InChI is InChI=1S/C22H26N2O4S.C2H2O4/c1-29(26,27)23-18-9-7-17(8-10-18)11-14-24-13-4-12-22(16-24)15-20(25)19-5-2-3-6-21(19)28-22;3-1(4)2(5)6/h2-3,5-10,23H,4,11-16H2,1H3;(H,3,4)(H,5,6). The normalized spacial score (nSPS) is 19.6. The molecule has 11 heteroatoms. The van der Waals surface area contributed by atoms with Crippen LogP contribution in [0.3, 0.4) is 0 Å². The number of carbonyl (C=O) groups is 3. The van der Waals surface area contributed by atoms with Gasteiger partial charge in [-0.3, -0.25) is 14.4 Å². The van der Waals surface area contributed by atoms with Gasteiger partial charge < -0.3 is 14.9 Å². The van der Waals surface area contributed by atoms with Crippen LogP contribution in [-0.2, 0) is 26.0 Å². The summed E-state index contributed by atoms with van der Waals surface area (Å²) in [5.74, 6) is -2.77. The lowest BCUT2D eigenvalue weighted by Gasteiger charge is -2.45. The van der Waals surface area contributed by atoms with Gasteiger partial charge in [-0.05, 0) is 55.6 Å². The Hall–Kier alpha value is -3.44. The number of ether oxygens (including phenoxy) is 1. The number of aliphatic carboxylic acids is 2. The van der Waals surface area contributed by atoms with Crippen molar-refractivity contribution in [1.82, 2.24) is 4.90 Å². The molecule has 0 radical (unpaired) electrons. The average Bonchev–Trinajstić information content (AvgIpc) is 2.78. The van der Waals surface area contributed by atoms with Crippen molar-refractivity contribution in [3.8, 4) is 5.75 Å². The number of Topliss-reactive ketones (excluding diaryl/α,β-unsaturated/α-hetero) is 1. The van der Waals surface area contributed by atoms with E-state index in [-0.39, 0.29) is 5.78 Å². The highest BCUT2D eigenvalue weighted by molar-refractivity contribution is 7.92. The number of hydrogen-bond acceptors (Lipinski definition) is 7. The van der Waals surface area contributed by atoms with Crippen LogP contribution in [0.5, 0.6) is 5.75 Å². The van der Waals surface area contributed by atoms with E-state index < -0.39 is 27.6 Å². The molecule has 0 aliphatic carbocycles. The van der Waals surface area contributed by atoms with E-state index >= 15 is 0 Å². The highest BCUT2D eigenvalue weighted by Gasteiger charge is 2.43. The number of carboxylic acid groups (broad SMARTS) is 2. The topological polar surface area (TPSA) is 150 Å². The van der Waals surface area contributed by atoms with Gasteiger partial charge in [0.1, 0.15) is 11.4 Å². The first kappa shape index (κ1) is 26.2. The fraction of sp³-hybridized carbons (Fsp3) is 0.375. The second-order valence-electron chi connectivity index (χ2n) is 8.69. The number of rotatable bonds is 5. The number of nitrogens with one attached hydrogen (secondary N) is 1. The number of likely N-dealkylation sites (tertiary alicyclic amines) is 1. The summed E-state index contributed by atoms with van der Waals surface area (Å²) in [4.78, 5) is 33.2. The lowest BCUT2D eigenvalue weighted by Crippen LogP contribution is -2.54. The zero-order chi connectivity index (χ0) is 25.6. The smallest absolute Gasteiger partial charge is 0.414 e. The van der Waals surface area contributed by atoms with Crippen molar-refractivity contribution < 1.29 is 37.8 Å². The first-order valence-corrected chi connectivity index (χ1v) is 12.9. The second-order valence-corrected chi connectivity index (χ2v) is 10.4. The van der Waals surface area contributed by atoms with Crippen molar-refractivity contribution in [2.45, 2.75) is 31.3 Å². The molecule has 2 heterocycles. The molecular formula is C24H28N2O8S. The Balaban J connectivity index is 0.000000509. The Bertz CT molecular complexity index is 1180. The molecule has 1 atom stereocenters. The molecule has 1 spiro atoms. The van der Waals surface area contributed by atoms with Crippen LogP contribution in [0.15, 0.2) is 48.5 Å². The zero-order valence-corrected chi connectivity index (χ0v) is 20.1. The Morgan fingerprint density at radius 1 is 1.09 bits per heavy atom. The lowest BCUT2D eigenvalue weighted by atomic mass is 9.83. The van der Waals surface area contributed by atoms with Crippen LogP contribution in [-0.4, -0.2) is 72.7 Å². The Morgan fingerprint density at radius 3 is 2.37 bits per heavy atom. The van der Waals surface area contributed by atoms with E-state index in [1.165, 1.54) is 0 Å². The maximum absolute atomic E-state index is 12.6. The van der Waals surface area contributed by atoms with Gasteiger partial charge >= 0.3 is 11.9 Å². The molecule has 0 aromatic heterocycles. The predicted octanol–water partition coefficient (Wildman–Crippen LogP) is 2.26. The number of carbonyl (C=O) groups excluding carboxylic acids is 1. The van der Waals surface area contributed by atoms with Gasteiger partial charge in [-0.25, -0.2) is 18.0 Å². The number of hydrogen-bond donors (Lipinski definition) is 3. The summed E-state index contributed by atoms with van der Waals surface area (Å²) in [5.41, 5.74) is 1.99. The molecule has 1 saturated heterocycles. The molecule has 1 unspecified atom stereocenters. The van der Waals surface area contributed by atoms with Gasteiger partial charge in [0, 0.05) is 18.8 Å². The van der Waals surface area contributed by atoms with E-state index in [9.17, 15) is 13.2 Å². The zero-order valence-electron chi connectivity index (χ0n) is 19.3. The van der Waals surface area contributed by atoms with Gasteiger partial charge in [0.2, 0.25) is 10.0 Å². The minimum atomic E-state index is -3.26. The third-order valence-electron chi connectivity index (χ3n) is 5.77. The number of piperidine rings is 1. The number of anilines is 1. The SMILES string of the molecule is CS(=O)(=O)Nc1ccc(CCN2CCCC3(CC(=O)c4ccccc4O3)C2)cc1.O=C(O)C(=O)O. The van der Waals surface area contributed by atoms with Crippen LogP contribution in [0.25, 0.3) is 0 Å². The van der Waals surface area contributed by atoms with Crippen molar-refractivity contribution in [2.75, 3.05) is 30.6 Å². The Labute approximate surface area is 203 Å². The minimum Gasteiger partial charge on any atom is -0.485 e. The molecule has 4 rings (SSSR count). The molecule has 0 amide bonds. The van der Waals surface area contributed by atoms with Crippen molar-refractivity contribution in [3.05, 3.63) is 59.7 Å². The predicted molar refractivity (Wildman–Crippen MR) is 128 cm³/mol. The summed E-state index contributed by atoms with van der Waals surface area (Å²) in [6, 6.07) is 15.0. The highest BCUT2D eigenvalue weighted by atomic mass is 32.2. The largest absolute Gasteiger partial charge is 0.485 e. The van der Waals surface area contributed by atoms with Crippen LogP contribution >= 0.6 is 0 Å².